The Morgan fingerprint density at radius 3 is 2.37 bits per heavy atom. The second-order valence-corrected chi connectivity index (χ2v) is 8.23. The molecule has 4 nitrogen and oxygen atoms in total. The number of carbonyl (C=O) groups is 1. The van der Waals surface area contributed by atoms with Crippen molar-refractivity contribution in [2.45, 2.75) is 26.8 Å². The van der Waals surface area contributed by atoms with Crippen molar-refractivity contribution < 1.29 is 9.53 Å². The van der Waals surface area contributed by atoms with Gasteiger partial charge in [-0.1, -0.05) is 42.8 Å². The Labute approximate surface area is 190 Å². The number of hydrogen-bond donors (Lipinski definition) is 2. The molecule has 0 bridgehead atoms. The molecule has 0 aliphatic carbocycles. The van der Waals surface area contributed by atoms with Crippen molar-refractivity contribution in [1.29, 1.82) is 0 Å². The number of benzene rings is 3. The van der Waals surface area contributed by atoms with Gasteiger partial charge in [-0.15, -0.1) is 0 Å². The zero-order valence-electron chi connectivity index (χ0n) is 17.0. The molecule has 0 aliphatic heterocycles. The third-order valence-corrected chi connectivity index (χ3v) is 5.70. The van der Waals surface area contributed by atoms with Gasteiger partial charge in [0, 0.05) is 22.9 Å². The second kappa shape index (κ2) is 10.5. The molecule has 156 valence electrons. The molecule has 3 rings (SSSR count). The predicted molar refractivity (Wildman–Crippen MR) is 128 cm³/mol. The summed E-state index contributed by atoms with van der Waals surface area (Å²) in [5.41, 5.74) is 5.11. The van der Waals surface area contributed by atoms with E-state index < -0.39 is 0 Å². The van der Waals surface area contributed by atoms with E-state index in [4.69, 9.17) is 16.3 Å². The Morgan fingerprint density at radius 1 is 1.00 bits per heavy atom. The van der Waals surface area contributed by atoms with Crippen LogP contribution in [0.4, 0.5) is 11.4 Å². The normalized spacial score (nSPS) is 10.5. The highest BCUT2D eigenvalue weighted by molar-refractivity contribution is 9.10. The molecule has 0 saturated heterocycles. The fourth-order valence-electron chi connectivity index (χ4n) is 2.84. The Bertz CT molecular complexity index is 1020. The lowest BCUT2D eigenvalue weighted by atomic mass is 10.1. The van der Waals surface area contributed by atoms with E-state index in [2.05, 4.69) is 57.8 Å². The highest BCUT2D eigenvalue weighted by atomic mass is 79.9. The lowest BCUT2D eigenvalue weighted by Gasteiger charge is -2.12. The van der Waals surface area contributed by atoms with Crippen LogP contribution >= 0.6 is 27.5 Å². The summed E-state index contributed by atoms with van der Waals surface area (Å²) in [6.07, 6.45) is 1.03. The van der Waals surface area contributed by atoms with Crippen LogP contribution < -0.4 is 15.4 Å². The number of aryl methyl sites for hydroxylation is 2. The topological polar surface area (TPSA) is 50.4 Å². The maximum absolute atomic E-state index is 12.2. The van der Waals surface area contributed by atoms with E-state index in [1.54, 1.807) is 6.07 Å². The summed E-state index contributed by atoms with van der Waals surface area (Å²) in [6, 6.07) is 19.7. The third kappa shape index (κ3) is 6.25. The number of anilines is 2. The molecule has 0 radical (unpaired) electrons. The predicted octanol–water partition coefficient (Wildman–Crippen LogP) is 6.60. The first-order valence-electron chi connectivity index (χ1n) is 9.74. The molecule has 6 heteroatoms. The molecule has 0 unspecified atom stereocenters. The van der Waals surface area contributed by atoms with Crippen LogP contribution in [-0.4, -0.2) is 12.5 Å². The van der Waals surface area contributed by atoms with Crippen LogP contribution in [0.3, 0.4) is 0 Å². The highest BCUT2D eigenvalue weighted by Gasteiger charge is 2.08. The first-order chi connectivity index (χ1) is 14.4. The van der Waals surface area contributed by atoms with Crippen LogP contribution in [0.2, 0.25) is 5.02 Å². The quantitative estimate of drug-likeness (QED) is 0.376. The number of nitrogens with one attached hydrogen (secondary N) is 2. The van der Waals surface area contributed by atoms with Gasteiger partial charge >= 0.3 is 0 Å². The third-order valence-electron chi connectivity index (χ3n) is 4.67. The molecule has 30 heavy (non-hydrogen) atoms. The molecule has 0 aromatic heterocycles. The number of ether oxygens (including phenoxy) is 1. The van der Waals surface area contributed by atoms with Crippen molar-refractivity contribution in [2.24, 2.45) is 0 Å². The summed E-state index contributed by atoms with van der Waals surface area (Å²) < 4.78 is 6.46. The van der Waals surface area contributed by atoms with Gasteiger partial charge in [0.1, 0.15) is 5.75 Å². The minimum atomic E-state index is -0.247. The lowest BCUT2D eigenvalue weighted by Crippen LogP contribution is -2.20. The van der Waals surface area contributed by atoms with Gasteiger partial charge in [0.2, 0.25) is 0 Å². The molecular formula is C24H24BrClN2O2. The van der Waals surface area contributed by atoms with E-state index in [0.29, 0.717) is 23.0 Å². The minimum Gasteiger partial charge on any atom is -0.483 e. The van der Waals surface area contributed by atoms with Gasteiger partial charge in [0.15, 0.2) is 6.61 Å². The fraction of sp³-hybridized carbons (Fsp3) is 0.208. The van der Waals surface area contributed by atoms with Crippen molar-refractivity contribution in [3.05, 3.63) is 86.8 Å². The van der Waals surface area contributed by atoms with Crippen molar-refractivity contribution in [1.82, 2.24) is 0 Å². The summed E-state index contributed by atoms with van der Waals surface area (Å²) in [4.78, 5) is 12.2. The number of halogens is 2. The van der Waals surface area contributed by atoms with Crippen molar-refractivity contribution in [2.75, 3.05) is 17.2 Å². The molecule has 3 aromatic rings. The van der Waals surface area contributed by atoms with E-state index in [-0.39, 0.29) is 12.5 Å². The van der Waals surface area contributed by atoms with Crippen LogP contribution in [0.25, 0.3) is 0 Å². The minimum absolute atomic E-state index is 0.0918. The van der Waals surface area contributed by atoms with E-state index in [1.807, 2.05) is 37.3 Å². The standard InChI is InChI=1S/C24H24BrClN2O2/c1-3-17-5-9-19(10-6-17)27-14-18-7-11-23(21(25)12-18)30-15-24(29)28-20-8-4-16(2)22(26)13-20/h4-13,27H,3,14-15H2,1-2H3,(H,28,29). The molecule has 2 N–H and O–H groups in total. The number of hydrogen-bond acceptors (Lipinski definition) is 3. The summed E-state index contributed by atoms with van der Waals surface area (Å²) >= 11 is 9.62. The number of rotatable bonds is 8. The lowest BCUT2D eigenvalue weighted by molar-refractivity contribution is -0.118. The van der Waals surface area contributed by atoms with Crippen LogP contribution in [-0.2, 0) is 17.8 Å². The van der Waals surface area contributed by atoms with E-state index in [0.717, 1.165) is 27.7 Å². The SMILES string of the molecule is CCc1ccc(NCc2ccc(OCC(=O)Nc3ccc(C)c(Cl)c3)c(Br)c2)cc1. The van der Waals surface area contributed by atoms with Gasteiger partial charge in [0.05, 0.1) is 4.47 Å². The molecule has 0 saturated carbocycles. The molecule has 0 atom stereocenters. The van der Waals surface area contributed by atoms with Crippen molar-refractivity contribution in [3.63, 3.8) is 0 Å². The molecule has 0 aliphatic rings. The summed E-state index contributed by atoms with van der Waals surface area (Å²) in [5, 5.41) is 6.81. The average molecular weight is 488 g/mol. The smallest absolute Gasteiger partial charge is 0.262 e. The number of carbonyl (C=O) groups excluding carboxylic acids is 1. The van der Waals surface area contributed by atoms with Crippen LogP contribution in [0, 0.1) is 6.92 Å². The Morgan fingerprint density at radius 2 is 1.70 bits per heavy atom. The first kappa shape index (κ1) is 22.2. The molecule has 1 amide bonds. The van der Waals surface area contributed by atoms with Crippen LogP contribution in [0.1, 0.15) is 23.6 Å². The van der Waals surface area contributed by atoms with Gasteiger partial charge in [-0.3, -0.25) is 4.79 Å². The summed E-state index contributed by atoms with van der Waals surface area (Å²) in [6.45, 7) is 4.66. The monoisotopic (exact) mass is 486 g/mol. The fourth-order valence-corrected chi connectivity index (χ4v) is 3.57. The van der Waals surface area contributed by atoms with Gasteiger partial charge < -0.3 is 15.4 Å². The second-order valence-electron chi connectivity index (χ2n) is 6.97. The average Bonchev–Trinajstić information content (AvgIpc) is 2.74. The molecule has 0 spiro atoms. The summed E-state index contributed by atoms with van der Waals surface area (Å²) in [5.74, 6) is 0.367. The van der Waals surface area contributed by atoms with Gasteiger partial charge in [-0.2, -0.15) is 0 Å². The van der Waals surface area contributed by atoms with E-state index >= 15 is 0 Å². The Kier molecular flexibility index (Phi) is 7.77. The zero-order chi connectivity index (χ0) is 21.5. The van der Waals surface area contributed by atoms with Gasteiger partial charge in [-0.25, -0.2) is 0 Å². The molecular weight excluding hydrogens is 464 g/mol. The van der Waals surface area contributed by atoms with Crippen LogP contribution in [0.15, 0.2) is 65.1 Å². The van der Waals surface area contributed by atoms with Crippen LogP contribution in [0.5, 0.6) is 5.75 Å². The first-order valence-corrected chi connectivity index (χ1v) is 10.9. The largest absolute Gasteiger partial charge is 0.483 e. The van der Waals surface area contributed by atoms with Crippen molar-refractivity contribution in [3.8, 4) is 5.75 Å². The van der Waals surface area contributed by atoms with Gasteiger partial charge in [0.25, 0.3) is 5.91 Å². The summed E-state index contributed by atoms with van der Waals surface area (Å²) in [7, 11) is 0. The zero-order valence-corrected chi connectivity index (χ0v) is 19.3. The number of amides is 1. The van der Waals surface area contributed by atoms with Crippen molar-refractivity contribution >= 4 is 44.8 Å². The Hall–Kier alpha value is -2.50. The maximum atomic E-state index is 12.2. The van der Waals surface area contributed by atoms with E-state index in [1.165, 1.54) is 5.56 Å². The van der Waals surface area contributed by atoms with Gasteiger partial charge in [-0.05, 0) is 82.4 Å². The van der Waals surface area contributed by atoms with E-state index in [9.17, 15) is 4.79 Å². The maximum Gasteiger partial charge on any atom is 0.262 e. The Balaban J connectivity index is 1.51. The molecule has 0 heterocycles. The molecule has 0 fully saturated rings. The highest BCUT2D eigenvalue weighted by Crippen LogP contribution is 2.27. The molecule has 3 aromatic carbocycles.